The number of pyridine rings is 1. The fourth-order valence-electron chi connectivity index (χ4n) is 3.07. The third-order valence-corrected chi connectivity index (χ3v) is 4.49. The Morgan fingerprint density at radius 1 is 1.21 bits per heavy atom. The molecule has 3 aromatic rings. The van der Waals surface area contributed by atoms with Crippen molar-refractivity contribution in [2.45, 2.75) is 18.7 Å². The molecule has 1 atom stereocenters. The highest BCUT2D eigenvalue weighted by Gasteiger charge is 2.32. The van der Waals surface area contributed by atoms with Crippen LogP contribution in [0.5, 0.6) is 5.88 Å². The van der Waals surface area contributed by atoms with Gasteiger partial charge in [0, 0.05) is 30.8 Å². The van der Waals surface area contributed by atoms with E-state index in [0.717, 1.165) is 18.3 Å². The average Bonchev–Trinajstić information content (AvgIpc) is 3.39. The number of aromatic nitrogens is 5. The highest BCUT2D eigenvalue weighted by molar-refractivity contribution is 5.95. The van der Waals surface area contributed by atoms with Crippen LogP contribution in [-0.2, 0) is 6.18 Å². The molecule has 1 saturated heterocycles. The topological polar surface area (TPSA) is 86.0 Å². The van der Waals surface area contributed by atoms with E-state index in [-0.39, 0.29) is 18.3 Å². The second-order valence-corrected chi connectivity index (χ2v) is 6.46. The van der Waals surface area contributed by atoms with Crippen molar-refractivity contribution in [1.29, 1.82) is 0 Å². The van der Waals surface area contributed by atoms with Crippen LogP contribution in [0.4, 0.5) is 13.2 Å². The van der Waals surface area contributed by atoms with Crippen molar-refractivity contribution < 1.29 is 22.7 Å². The molecule has 4 rings (SSSR count). The Morgan fingerprint density at radius 2 is 2.07 bits per heavy atom. The van der Waals surface area contributed by atoms with Crippen LogP contribution in [0, 0.1) is 0 Å². The summed E-state index contributed by atoms with van der Waals surface area (Å²) in [7, 11) is 0. The lowest BCUT2D eigenvalue weighted by Crippen LogP contribution is -2.31. The van der Waals surface area contributed by atoms with Crippen molar-refractivity contribution in [3.8, 4) is 11.6 Å². The molecule has 29 heavy (non-hydrogen) atoms. The lowest BCUT2D eigenvalue weighted by atomic mass is 10.2. The van der Waals surface area contributed by atoms with E-state index in [9.17, 15) is 18.0 Å². The van der Waals surface area contributed by atoms with Crippen LogP contribution in [0.2, 0.25) is 0 Å². The van der Waals surface area contributed by atoms with Crippen molar-refractivity contribution in [2.24, 2.45) is 0 Å². The van der Waals surface area contributed by atoms with E-state index in [1.807, 2.05) is 0 Å². The SMILES string of the molecule is O=C(c1cccc(-n2cnnn2)c1)N1CCC(Oc2cc(C(F)(F)F)ccn2)C1. The molecule has 1 fully saturated rings. The Hall–Kier alpha value is -3.50. The predicted octanol–water partition coefficient (Wildman–Crippen LogP) is 2.37. The van der Waals surface area contributed by atoms with E-state index >= 15 is 0 Å². The largest absolute Gasteiger partial charge is 0.472 e. The first-order valence-corrected chi connectivity index (χ1v) is 8.73. The summed E-state index contributed by atoms with van der Waals surface area (Å²) >= 11 is 0. The Labute approximate surface area is 162 Å². The van der Waals surface area contributed by atoms with Gasteiger partial charge in [-0.1, -0.05) is 6.07 Å². The standard InChI is InChI=1S/C18H15F3N6O2/c19-18(20,21)13-4-6-22-16(9-13)29-15-5-7-26(10-15)17(28)12-2-1-3-14(8-12)27-11-23-24-25-27/h1-4,6,8-9,11,15H,5,7,10H2. The summed E-state index contributed by atoms with van der Waals surface area (Å²) in [5.74, 6) is -0.317. The number of alkyl halides is 3. The van der Waals surface area contributed by atoms with Crippen molar-refractivity contribution in [3.63, 3.8) is 0 Å². The third-order valence-electron chi connectivity index (χ3n) is 4.49. The zero-order valence-corrected chi connectivity index (χ0v) is 15.0. The van der Waals surface area contributed by atoms with E-state index in [1.165, 1.54) is 11.0 Å². The van der Waals surface area contributed by atoms with Gasteiger partial charge in [0.25, 0.3) is 5.91 Å². The van der Waals surface area contributed by atoms with Crippen LogP contribution < -0.4 is 4.74 Å². The highest BCUT2D eigenvalue weighted by atomic mass is 19.4. The molecular weight excluding hydrogens is 389 g/mol. The number of likely N-dealkylation sites (tertiary alicyclic amines) is 1. The molecule has 0 spiro atoms. The maximum Gasteiger partial charge on any atom is 0.416 e. The van der Waals surface area contributed by atoms with E-state index in [0.29, 0.717) is 24.2 Å². The van der Waals surface area contributed by atoms with Crippen LogP contribution in [0.15, 0.2) is 48.9 Å². The first kappa shape index (κ1) is 18.8. The molecule has 11 heteroatoms. The summed E-state index contributed by atoms with van der Waals surface area (Å²) in [5.41, 5.74) is 0.268. The molecule has 8 nitrogen and oxygen atoms in total. The zero-order valence-electron chi connectivity index (χ0n) is 15.0. The predicted molar refractivity (Wildman–Crippen MR) is 93.3 cm³/mol. The minimum Gasteiger partial charge on any atom is -0.472 e. The Kier molecular flexibility index (Phi) is 4.87. The van der Waals surface area contributed by atoms with E-state index in [1.54, 1.807) is 29.2 Å². The van der Waals surface area contributed by atoms with Gasteiger partial charge < -0.3 is 9.64 Å². The van der Waals surface area contributed by atoms with Gasteiger partial charge in [-0.3, -0.25) is 4.79 Å². The first-order chi connectivity index (χ1) is 13.9. The molecule has 1 aliphatic rings. The van der Waals surface area contributed by atoms with Gasteiger partial charge in [-0.15, -0.1) is 5.10 Å². The van der Waals surface area contributed by atoms with Gasteiger partial charge in [-0.25, -0.2) is 9.67 Å². The van der Waals surface area contributed by atoms with Crippen LogP contribution >= 0.6 is 0 Å². The van der Waals surface area contributed by atoms with Crippen LogP contribution in [0.25, 0.3) is 5.69 Å². The number of benzene rings is 1. The highest BCUT2D eigenvalue weighted by Crippen LogP contribution is 2.31. The van der Waals surface area contributed by atoms with Gasteiger partial charge in [-0.2, -0.15) is 13.2 Å². The molecule has 1 amide bonds. The summed E-state index contributed by atoms with van der Waals surface area (Å²) in [5, 5.41) is 10.9. The number of amides is 1. The number of ether oxygens (including phenoxy) is 1. The third kappa shape index (κ3) is 4.18. The zero-order chi connectivity index (χ0) is 20.4. The average molecular weight is 404 g/mol. The fraction of sp³-hybridized carbons (Fsp3) is 0.278. The summed E-state index contributed by atoms with van der Waals surface area (Å²) in [4.78, 5) is 18.2. The van der Waals surface area contributed by atoms with Crippen molar-refractivity contribution in [3.05, 3.63) is 60.0 Å². The van der Waals surface area contributed by atoms with Crippen molar-refractivity contribution in [1.82, 2.24) is 30.1 Å². The number of rotatable bonds is 4. The lowest BCUT2D eigenvalue weighted by Gasteiger charge is -2.17. The number of halogens is 3. The van der Waals surface area contributed by atoms with E-state index in [4.69, 9.17) is 4.74 Å². The summed E-state index contributed by atoms with van der Waals surface area (Å²) in [6.07, 6.45) is -1.93. The molecule has 0 aliphatic carbocycles. The minimum atomic E-state index is -4.47. The molecule has 0 radical (unpaired) electrons. The molecular formula is C18H15F3N6O2. The van der Waals surface area contributed by atoms with Gasteiger partial charge in [0.1, 0.15) is 12.4 Å². The monoisotopic (exact) mass is 404 g/mol. The van der Waals surface area contributed by atoms with Gasteiger partial charge in [0.2, 0.25) is 5.88 Å². The maximum atomic E-state index is 12.8. The van der Waals surface area contributed by atoms with Gasteiger partial charge in [-0.05, 0) is 34.7 Å². The fourth-order valence-corrected chi connectivity index (χ4v) is 3.07. The molecule has 2 aromatic heterocycles. The Balaban J connectivity index is 1.42. The summed E-state index contributed by atoms with van der Waals surface area (Å²) < 4.78 is 45.5. The molecule has 0 bridgehead atoms. The number of hydrogen-bond donors (Lipinski definition) is 0. The number of carbonyl (C=O) groups excluding carboxylic acids is 1. The Morgan fingerprint density at radius 3 is 2.83 bits per heavy atom. The van der Waals surface area contributed by atoms with Gasteiger partial charge in [0.05, 0.1) is 17.8 Å². The molecule has 3 heterocycles. The molecule has 0 N–H and O–H groups in total. The lowest BCUT2D eigenvalue weighted by molar-refractivity contribution is -0.137. The molecule has 0 saturated carbocycles. The molecule has 1 unspecified atom stereocenters. The van der Waals surface area contributed by atoms with E-state index in [2.05, 4.69) is 20.5 Å². The number of nitrogens with zero attached hydrogens (tertiary/aromatic N) is 6. The van der Waals surface area contributed by atoms with Crippen molar-refractivity contribution >= 4 is 5.91 Å². The summed E-state index contributed by atoms with van der Waals surface area (Å²) in [6.45, 7) is 0.684. The van der Waals surface area contributed by atoms with Gasteiger partial charge in [0.15, 0.2) is 0 Å². The van der Waals surface area contributed by atoms with Crippen LogP contribution in [0.3, 0.4) is 0 Å². The Bertz CT molecular complexity index is 1010. The van der Waals surface area contributed by atoms with E-state index < -0.39 is 17.8 Å². The maximum absolute atomic E-state index is 12.8. The quantitative estimate of drug-likeness (QED) is 0.664. The number of carbonyl (C=O) groups is 1. The van der Waals surface area contributed by atoms with Gasteiger partial charge >= 0.3 is 6.18 Å². The minimum absolute atomic E-state index is 0.111. The second kappa shape index (κ2) is 7.49. The van der Waals surface area contributed by atoms with Crippen molar-refractivity contribution in [2.75, 3.05) is 13.1 Å². The molecule has 1 aliphatic heterocycles. The smallest absolute Gasteiger partial charge is 0.416 e. The first-order valence-electron chi connectivity index (χ1n) is 8.73. The molecule has 1 aromatic carbocycles. The van der Waals surface area contributed by atoms with Crippen LogP contribution in [0.1, 0.15) is 22.3 Å². The normalized spacial score (nSPS) is 16.8. The number of hydrogen-bond acceptors (Lipinski definition) is 6. The number of tetrazole rings is 1. The summed E-state index contributed by atoms with van der Waals surface area (Å²) in [6, 6.07) is 8.58. The molecule has 150 valence electrons. The second-order valence-electron chi connectivity index (χ2n) is 6.46. The van der Waals surface area contributed by atoms with Crippen LogP contribution in [-0.4, -0.2) is 55.2 Å².